The van der Waals surface area contributed by atoms with E-state index in [9.17, 15) is 0 Å². The third kappa shape index (κ3) is 3.42. The Morgan fingerprint density at radius 2 is 1.93 bits per heavy atom. The summed E-state index contributed by atoms with van der Waals surface area (Å²) < 4.78 is 0. The molecular formula is C13H20ClN. The molecule has 1 aromatic carbocycles. The lowest BCUT2D eigenvalue weighted by molar-refractivity contribution is 0.666. The Kier molecular flexibility index (Phi) is 4.97. The van der Waals surface area contributed by atoms with Gasteiger partial charge in [0.05, 0.1) is 0 Å². The van der Waals surface area contributed by atoms with Crippen LogP contribution in [-0.2, 0) is 6.42 Å². The van der Waals surface area contributed by atoms with Crippen molar-refractivity contribution in [3.05, 3.63) is 28.3 Å². The first-order valence-electron chi connectivity index (χ1n) is 5.70. The van der Waals surface area contributed by atoms with Gasteiger partial charge in [0.2, 0.25) is 0 Å². The fourth-order valence-electron chi connectivity index (χ4n) is 1.81. The summed E-state index contributed by atoms with van der Waals surface area (Å²) in [5, 5.41) is 0.828. The number of hydrogen-bond donors (Lipinski definition) is 1. The maximum atomic E-state index is 6.07. The quantitative estimate of drug-likeness (QED) is 0.585. The summed E-state index contributed by atoms with van der Waals surface area (Å²) in [7, 11) is 0. The zero-order valence-corrected chi connectivity index (χ0v) is 10.4. The molecule has 0 spiro atoms. The molecule has 2 N–H and O–H groups in total. The number of halogens is 1. The second-order valence-corrected chi connectivity index (χ2v) is 4.46. The van der Waals surface area contributed by atoms with Crippen molar-refractivity contribution < 1.29 is 0 Å². The molecule has 2 heteroatoms. The van der Waals surface area contributed by atoms with Crippen molar-refractivity contribution in [3.63, 3.8) is 0 Å². The van der Waals surface area contributed by atoms with E-state index in [-0.39, 0.29) is 0 Å². The molecule has 0 aliphatic heterocycles. The molecule has 1 rings (SSSR count). The molecule has 0 aliphatic rings. The number of unbranched alkanes of at least 4 members (excludes halogenated alkanes) is 3. The van der Waals surface area contributed by atoms with Crippen molar-refractivity contribution in [3.8, 4) is 0 Å². The lowest BCUT2D eigenvalue weighted by Gasteiger charge is -2.10. The average molecular weight is 226 g/mol. The van der Waals surface area contributed by atoms with Gasteiger partial charge in [-0.1, -0.05) is 37.8 Å². The Balaban J connectivity index is 2.63. The molecule has 0 aromatic heterocycles. The summed E-state index contributed by atoms with van der Waals surface area (Å²) in [6, 6.07) is 3.78. The lowest BCUT2D eigenvalue weighted by atomic mass is 10.00. The van der Waals surface area contributed by atoms with Gasteiger partial charge in [0, 0.05) is 10.7 Å². The van der Waals surface area contributed by atoms with E-state index in [0.29, 0.717) is 0 Å². The van der Waals surface area contributed by atoms with E-state index in [1.54, 1.807) is 0 Å². The van der Waals surface area contributed by atoms with Gasteiger partial charge < -0.3 is 5.73 Å². The predicted molar refractivity (Wildman–Crippen MR) is 68.4 cm³/mol. The third-order valence-corrected chi connectivity index (χ3v) is 3.26. The van der Waals surface area contributed by atoms with E-state index in [0.717, 1.165) is 22.7 Å². The van der Waals surface area contributed by atoms with Gasteiger partial charge in [0.15, 0.2) is 0 Å². The maximum absolute atomic E-state index is 6.07. The van der Waals surface area contributed by atoms with E-state index in [2.05, 4.69) is 6.92 Å². The second-order valence-electron chi connectivity index (χ2n) is 4.05. The van der Waals surface area contributed by atoms with E-state index >= 15 is 0 Å². The van der Waals surface area contributed by atoms with Gasteiger partial charge in [-0.25, -0.2) is 0 Å². The minimum absolute atomic E-state index is 0.828. The van der Waals surface area contributed by atoms with Crippen LogP contribution in [0, 0.1) is 6.92 Å². The molecule has 0 amide bonds. The molecule has 0 atom stereocenters. The third-order valence-electron chi connectivity index (χ3n) is 2.85. The molecule has 84 valence electrons. The average Bonchev–Trinajstić information content (AvgIpc) is 2.23. The molecular weight excluding hydrogens is 206 g/mol. The molecule has 0 aliphatic carbocycles. The van der Waals surface area contributed by atoms with Crippen LogP contribution in [0.4, 0.5) is 5.69 Å². The Hall–Kier alpha value is -0.690. The topological polar surface area (TPSA) is 26.0 Å². The molecule has 0 heterocycles. The van der Waals surface area contributed by atoms with Crippen LogP contribution in [0.15, 0.2) is 12.1 Å². The molecule has 1 nitrogen and oxygen atoms in total. The molecule has 0 saturated heterocycles. The zero-order valence-electron chi connectivity index (χ0n) is 9.65. The van der Waals surface area contributed by atoms with Crippen LogP contribution in [0.2, 0.25) is 5.02 Å². The van der Waals surface area contributed by atoms with Crippen LogP contribution in [0.5, 0.6) is 0 Å². The van der Waals surface area contributed by atoms with Crippen LogP contribution < -0.4 is 5.73 Å². The smallest absolute Gasteiger partial charge is 0.0439 e. The van der Waals surface area contributed by atoms with Crippen LogP contribution in [0.1, 0.15) is 43.7 Å². The van der Waals surface area contributed by atoms with Crippen LogP contribution >= 0.6 is 11.6 Å². The van der Waals surface area contributed by atoms with Crippen LogP contribution in [-0.4, -0.2) is 0 Å². The van der Waals surface area contributed by atoms with E-state index in [1.165, 1.54) is 31.2 Å². The van der Waals surface area contributed by atoms with Crippen molar-refractivity contribution in [2.75, 3.05) is 5.73 Å². The van der Waals surface area contributed by atoms with Crippen LogP contribution in [0.25, 0.3) is 0 Å². The highest BCUT2D eigenvalue weighted by molar-refractivity contribution is 6.31. The Morgan fingerprint density at radius 3 is 2.60 bits per heavy atom. The Morgan fingerprint density at radius 1 is 1.20 bits per heavy atom. The van der Waals surface area contributed by atoms with E-state index < -0.39 is 0 Å². The number of anilines is 1. The summed E-state index contributed by atoms with van der Waals surface area (Å²) in [4.78, 5) is 0. The molecule has 0 saturated carbocycles. The summed E-state index contributed by atoms with van der Waals surface area (Å²) in [5.74, 6) is 0. The minimum atomic E-state index is 0.828. The molecule has 15 heavy (non-hydrogen) atoms. The number of nitrogens with two attached hydrogens (primary N) is 1. The molecule has 1 aromatic rings. The van der Waals surface area contributed by atoms with Crippen molar-refractivity contribution in [1.29, 1.82) is 0 Å². The second kappa shape index (κ2) is 6.02. The molecule has 0 fully saturated rings. The molecule has 0 bridgehead atoms. The highest BCUT2D eigenvalue weighted by Gasteiger charge is 2.06. The summed E-state index contributed by atoms with van der Waals surface area (Å²) in [5.41, 5.74) is 9.21. The first kappa shape index (κ1) is 12.4. The molecule has 0 unspecified atom stereocenters. The normalized spacial score (nSPS) is 10.6. The van der Waals surface area contributed by atoms with Gasteiger partial charge in [0.25, 0.3) is 0 Å². The van der Waals surface area contributed by atoms with Gasteiger partial charge >= 0.3 is 0 Å². The first-order chi connectivity index (χ1) is 7.16. The van der Waals surface area contributed by atoms with Crippen molar-refractivity contribution in [2.45, 2.75) is 46.0 Å². The summed E-state index contributed by atoms with van der Waals surface area (Å²) in [6.07, 6.45) is 6.11. The fourth-order valence-corrected chi connectivity index (χ4v) is 1.99. The number of nitrogen functional groups attached to an aromatic ring is 1. The maximum Gasteiger partial charge on any atom is 0.0439 e. The Bertz CT molecular complexity index is 321. The van der Waals surface area contributed by atoms with Gasteiger partial charge in [-0.2, -0.15) is 0 Å². The highest BCUT2D eigenvalue weighted by atomic mass is 35.5. The first-order valence-corrected chi connectivity index (χ1v) is 6.08. The zero-order chi connectivity index (χ0) is 11.3. The van der Waals surface area contributed by atoms with Gasteiger partial charge in [-0.3, -0.25) is 0 Å². The monoisotopic (exact) mass is 225 g/mol. The largest absolute Gasteiger partial charge is 0.398 e. The van der Waals surface area contributed by atoms with Crippen molar-refractivity contribution in [2.24, 2.45) is 0 Å². The van der Waals surface area contributed by atoms with E-state index in [1.807, 2.05) is 19.1 Å². The number of benzene rings is 1. The van der Waals surface area contributed by atoms with Crippen LogP contribution in [0.3, 0.4) is 0 Å². The summed E-state index contributed by atoms with van der Waals surface area (Å²) in [6.45, 7) is 4.27. The van der Waals surface area contributed by atoms with Gasteiger partial charge in [0.1, 0.15) is 0 Å². The fraction of sp³-hybridized carbons (Fsp3) is 0.538. The molecule has 0 radical (unpaired) electrons. The van der Waals surface area contributed by atoms with Gasteiger partial charge in [-0.15, -0.1) is 0 Å². The predicted octanol–water partition coefficient (Wildman–Crippen LogP) is 4.35. The standard InChI is InChI=1S/C13H20ClN/c1-3-4-5-6-7-11-10(2)12(14)8-9-13(11)15/h8-9H,3-7,15H2,1-2H3. The Labute approximate surface area is 97.6 Å². The highest BCUT2D eigenvalue weighted by Crippen LogP contribution is 2.26. The van der Waals surface area contributed by atoms with Gasteiger partial charge in [-0.05, 0) is 43.0 Å². The van der Waals surface area contributed by atoms with Crippen molar-refractivity contribution in [1.82, 2.24) is 0 Å². The minimum Gasteiger partial charge on any atom is -0.398 e. The van der Waals surface area contributed by atoms with Crippen molar-refractivity contribution >= 4 is 17.3 Å². The number of rotatable bonds is 5. The lowest BCUT2D eigenvalue weighted by Crippen LogP contribution is -1.98. The summed E-state index contributed by atoms with van der Waals surface area (Å²) >= 11 is 6.07. The van der Waals surface area contributed by atoms with E-state index in [4.69, 9.17) is 17.3 Å². The number of hydrogen-bond acceptors (Lipinski definition) is 1. The SMILES string of the molecule is CCCCCCc1c(N)ccc(Cl)c1C.